The zero-order valence-corrected chi connectivity index (χ0v) is 12.7. The second kappa shape index (κ2) is 5.25. The molecule has 2 nitrogen and oxygen atoms in total. The number of carbonyl (C=O) groups excluding carboxylic acids is 1. The maximum absolute atomic E-state index is 12.4. The number of aromatic nitrogens is 1. The molecule has 3 heteroatoms. The highest BCUT2D eigenvalue weighted by molar-refractivity contribution is 9.10. The summed E-state index contributed by atoms with van der Waals surface area (Å²) in [5.41, 5.74) is 2.90. The fourth-order valence-electron chi connectivity index (χ4n) is 2.43. The Hall–Kier alpha value is -1.87. The van der Waals surface area contributed by atoms with Crippen molar-refractivity contribution in [2.45, 2.75) is 13.5 Å². The first-order chi connectivity index (χ1) is 9.65. The fourth-order valence-corrected chi connectivity index (χ4v) is 2.81. The van der Waals surface area contributed by atoms with E-state index >= 15 is 0 Å². The molecule has 100 valence electrons. The second-order valence-electron chi connectivity index (χ2n) is 4.88. The van der Waals surface area contributed by atoms with Gasteiger partial charge in [0.15, 0.2) is 5.78 Å². The largest absolute Gasteiger partial charge is 0.340 e. The summed E-state index contributed by atoms with van der Waals surface area (Å²) in [6.45, 7) is 2.34. The molecule has 0 bridgehead atoms. The minimum absolute atomic E-state index is 0.142. The Morgan fingerprint density at radius 2 is 1.95 bits per heavy atom. The van der Waals surface area contributed by atoms with E-state index in [2.05, 4.69) is 22.0 Å². The third kappa shape index (κ3) is 2.41. The summed E-state index contributed by atoms with van der Waals surface area (Å²) in [5, 5.41) is 1.14. The highest BCUT2D eigenvalue weighted by Gasteiger charge is 2.10. The van der Waals surface area contributed by atoms with Crippen LogP contribution in [0, 0.1) is 6.92 Å². The Labute approximate surface area is 126 Å². The van der Waals surface area contributed by atoms with Crippen molar-refractivity contribution in [2.24, 2.45) is 0 Å². The topological polar surface area (TPSA) is 22.0 Å². The van der Waals surface area contributed by atoms with Crippen molar-refractivity contribution in [3.63, 3.8) is 0 Å². The Morgan fingerprint density at radius 3 is 2.75 bits per heavy atom. The van der Waals surface area contributed by atoms with Gasteiger partial charge in [-0.05, 0) is 36.8 Å². The van der Waals surface area contributed by atoms with E-state index in [1.54, 1.807) is 0 Å². The molecular weight excluding hydrogens is 314 g/mol. The van der Waals surface area contributed by atoms with E-state index in [0.717, 1.165) is 26.5 Å². The summed E-state index contributed by atoms with van der Waals surface area (Å²) in [6, 6.07) is 15.8. The lowest BCUT2D eigenvalue weighted by Crippen LogP contribution is -2.10. The molecule has 1 heterocycles. The van der Waals surface area contributed by atoms with E-state index in [0.29, 0.717) is 6.54 Å². The minimum Gasteiger partial charge on any atom is -0.340 e. The molecule has 0 N–H and O–H groups in total. The third-order valence-electron chi connectivity index (χ3n) is 3.49. The number of fused-ring (bicyclic) bond motifs is 1. The Bertz CT molecular complexity index is 789. The lowest BCUT2D eigenvalue weighted by molar-refractivity contribution is 0.0973. The molecule has 0 aliphatic heterocycles. The van der Waals surface area contributed by atoms with Crippen LogP contribution in [0.3, 0.4) is 0 Å². The molecule has 3 aromatic rings. The van der Waals surface area contributed by atoms with E-state index in [9.17, 15) is 4.79 Å². The van der Waals surface area contributed by atoms with Crippen molar-refractivity contribution in [2.75, 3.05) is 0 Å². The monoisotopic (exact) mass is 327 g/mol. The molecule has 0 aliphatic carbocycles. The van der Waals surface area contributed by atoms with Gasteiger partial charge in [0.1, 0.15) is 0 Å². The van der Waals surface area contributed by atoms with E-state index in [1.165, 1.54) is 0 Å². The predicted octanol–water partition coefficient (Wildman–Crippen LogP) is 4.60. The molecule has 0 radical (unpaired) electrons. The molecule has 0 saturated carbocycles. The highest BCUT2D eigenvalue weighted by Crippen LogP contribution is 2.21. The standard InChI is InChI=1S/C17H14BrNO/c1-12-4-2-3-5-15(12)17(20)11-19-9-8-13-10-14(18)6-7-16(13)19/h2-10H,11H2,1H3. The molecular formula is C17H14BrNO. The number of ketones is 1. The van der Waals surface area contributed by atoms with Gasteiger partial charge in [-0.25, -0.2) is 0 Å². The molecule has 0 unspecified atom stereocenters. The molecule has 0 aliphatic rings. The maximum atomic E-state index is 12.4. The zero-order chi connectivity index (χ0) is 14.1. The minimum atomic E-state index is 0.142. The van der Waals surface area contributed by atoms with Crippen molar-refractivity contribution >= 4 is 32.6 Å². The van der Waals surface area contributed by atoms with Crippen LogP contribution in [-0.2, 0) is 6.54 Å². The number of aryl methyl sites for hydroxylation is 1. The zero-order valence-electron chi connectivity index (χ0n) is 11.1. The van der Waals surface area contributed by atoms with Crippen LogP contribution >= 0.6 is 15.9 Å². The quantitative estimate of drug-likeness (QED) is 0.644. The number of nitrogens with zero attached hydrogens (tertiary/aromatic N) is 1. The summed E-state index contributed by atoms with van der Waals surface area (Å²) < 4.78 is 3.05. The lowest BCUT2D eigenvalue weighted by atomic mass is 10.1. The normalized spacial score (nSPS) is 10.9. The van der Waals surface area contributed by atoms with Crippen LogP contribution < -0.4 is 0 Å². The first-order valence-corrected chi connectivity index (χ1v) is 7.28. The molecule has 0 amide bonds. The predicted molar refractivity (Wildman–Crippen MR) is 85.1 cm³/mol. The van der Waals surface area contributed by atoms with Crippen LogP contribution in [0.15, 0.2) is 59.2 Å². The van der Waals surface area contributed by atoms with Gasteiger partial charge < -0.3 is 4.57 Å². The average molecular weight is 328 g/mol. The number of carbonyl (C=O) groups is 1. The van der Waals surface area contributed by atoms with Gasteiger partial charge in [-0.15, -0.1) is 0 Å². The number of hydrogen-bond acceptors (Lipinski definition) is 1. The molecule has 20 heavy (non-hydrogen) atoms. The summed E-state index contributed by atoms with van der Waals surface area (Å²) in [4.78, 5) is 12.4. The molecule has 1 aromatic heterocycles. The van der Waals surface area contributed by atoms with E-state index in [1.807, 2.05) is 60.2 Å². The van der Waals surface area contributed by atoms with E-state index in [4.69, 9.17) is 0 Å². The Kier molecular flexibility index (Phi) is 3.45. The summed E-state index contributed by atoms with van der Waals surface area (Å²) in [7, 11) is 0. The number of rotatable bonds is 3. The Morgan fingerprint density at radius 1 is 1.15 bits per heavy atom. The van der Waals surface area contributed by atoms with Gasteiger partial charge in [-0.1, -0.05) is 40.2 Å². The van der Waals surface area contributed by atoms with Gasteiger partial charge in [0.25, 0.3) is 0 Å². The maximum Gasteiger partial charge on any atom is 0.182 e. The number of halogens is 1. The van der Waals surface area contributed by atoms with Crippen molar-refractivity contribution in [3.8, 4) is 0 Å². The van der Waals surface area contributed by atoms with Gasteiger partial charge in [0.2, 0.25) is 0 Å². The van der Waals surface area contributed by atoms with Gasteiger partial charge >= 0.3 is 0 Å². The molecule has 0 spiro atoms. The first-order valence-electron chi connectivity index (χ1n) is 6.48. The van der Waals surface area contributed by atoms with Crippen molar-refractivity contribution in [1.29, 1.82) is 0 Å². The van der Waals surface area contributed by atoms with Gasteiger partial charge in [0, 0.05) is 27.1 Å². The van der Waals surface area contributed by atoms with Crippen LogP contribution in [0.4, 0.5) is 0 Å². The van der Waals surface area contributed by atoms with E-state index < -0.39 is 0 Å². The van der Waals surface area contributed by atoms with Crippen LogP contribution in [-0.4, -0.2) is 10.4 Å². The molecule has 0 fully saturated rings. The van der Waals surface area contributed by atoms with Gasteiger partial charge in [-0.3, -0.25) is 4.79 Å². The summed E-state index contributed by atoms with van der Waals surface area (Å²) >= 11 is 3.46. The van der Waals surface area contributed by atoms with Crippen LogP contribution in [0.1, 0.15) is 15.9 Å². The van der Waals surface area contributed by atoms with Gasteiger partial charge in [-0.2, -0.15) is 0 Å². The summed E-state index contributed by atoms with van der Waals surface area (Å²) in [5.74, 6) is 0.142. The molecule has 2 aromatic carbocycles. The average Bonchev–Trinajstić information content (AvgIpc) is 2.81. The highest BCUT2D eigenvalue weighted by atomic mass is 79.9. The van der Waals surface area contributed by atoms with Crippen LogP contribution in [0.2, 0.25) is 0 Å². The summed E-state index contributed by atoms with van der Waals surface area (Å²) in [6.07, 6.45) is 1.97. The third-order valence-corrected chi connectivity index (χ3v) is 3.99. The van der Waals surface area contributed by atoms with Crippen LogP contribution in [0.5, 0.6) is 0 Å². The number of Topliss-reactive ketones (excluding diaryl/α,β-unsaturated/α-hetero) is 1. The molecule has 0 atom stereocenters. The number of benzene rings is 2. The molecule has 0 saturated heterocycles. The smallest absolute Gasteiger partial charge is 0.182 e. The van der Waals surface area contributed by atoms with Crippen LogP contribution in [0.25, 0.3) is 10.9 Å². The van der Waals surface area contributed by atoms with Crippen molar-refractivity contribution < 1.29 is 4.79 Å². The molecule has 3 rings (SSSR count). The first kappa shape index (κ1) is 13.1. The fraction of sp³-hybridized carbons (Fsp3) is 0.118. The number of hydrogen-bond donors (Lipinski definition) is 0. The van der Waals surface area contributed by atoms with Gasteiger partial charge in [0.05, 0.1) is 6.54 Å². The SMILES string of the molecule is Cc1ccccc1C(=O)Cn1ccc2cc(Br)ccc21. The van der Waals surface area contributed by atoms with Crippen molar-refractivity contribution in [3.05, 3.63) is 70.3 Å². The van der Waals surface area contributed by atoms with E-state index in [-0.39, 0.29) is 5.78 Å². The van der Waals surface area contributed by atoms with Crippen molar-refractivity contribution in [1.82, 2.24) is 4.57 Å². The lowest BCUT2D eigenvalue weighted by Gasteiger charge is -2.07. The second-order valence-corrected chi connectivity index (χ2v) is 5.80. The Balaban J connectivity index is 1.94.